The monoisotopic (exact) mass is 368 g/mol. The highest BCUT2D eigenvalue weighted by Gasteiger charge is 2.43. The van der Waals surface area contributed by atoms with Crippen LogP contribution >= 0.6 is 0 Å². The molecule has 5 heteroatoms. The van der Waals surface area contributed by atoms with Gasteiger partial charge in [0, 0.05) is 17.0 Å². The van der Waals surface area contributed by atoms with Gasteiger partial charge in [0.15, 0.2) is 0 Å². The van der Waals surface area contributed by atoms with Crippen LogP contribution in [0, 0.1) is 28.6 Å². The highest BCUT2D eigenvalue weighted by atomic mass is 16.5. The first kappa shape index (κ1) is 16.8. The molecule has 3 unspecified atom stereocenters. The Balaban J connectivity index is 1.72. The summed E-state index contributed by atoms with van der Waals surface area (Å²) in [4.78, 5) is 0. The number of H-pyrrole nitrogens is 1. The molecule has 0 bridgehead atoms. The number of ether oxygens (including phenoxy) is 1. The van der Waals surface area contributed by atoms with E-state index in [1.807, 2.05) is 18.2 Å². The average Bonchev–Trinajstić information content (AvgIpc) is 3.16. The molecule has 3 atom stereocenters. The maximum Gasteiger partial charge on any atom is 0.243 e. The lowest BCUT2D eigenvalue weighted by atomic mass is 9.71. The summed E-state index contributed by atoms with van der Waals surface area (Å²) in [6, 6.07) is 16.8. The van der Waals surface area contributed by atoms with E-state index in [0.717, 1.165) is 46.9 Å². The molecule has 1 aliphatic heterocycles. The molecule has 0 fully saturated rings. The summed E-state index contributed by atoms with van der Waals surface area (Å²) in [5.41, 5.74) is 2.90. The second-order valence-electron chi connectivity index (χ2n) is 7.49. The minimum absolute atomic E-state index is 0.00511. The zero-order chi connectivity index (χ0) is 19.1. The lowest BCUT2D eigenvalue weighted by molar-refractivity contribution is 0.318. The summed E-state index contributed by atoms with van der Waals surface area (Å²) in [6.45, 7) is 0. The van der Waals surface area contributed by atoms with Gasteiger partial charge in [-0.05, 0) is 36.0 Å². The van der Waals surface area contributed by atoms with Crippen LogP contribution in [0.2, 0.25) is 0 Å². The van der Waals surface area contributed by atoms with Crippen molar-refractivity contribution in [3.8, 4) is 23.2 Å². The number of benzene rings is 2. The van der Waals surface area contributed by atoms with E-state index in [4.69, 9.17) is 10.1 Å². The van der Waals surface area contributed by atoms with Crippen molar-refractivity contribution in [1.82, 2.24) is 10.2 Å². The molecule has 5 nitrogen and oxygen atoms in total. The van der Waals surface area contributed by atoms with Crippen LogP contribution in [0.1, 0.15) is 30.7 Å². The van der Waals surface area contributed by atoms with Gasteiger partial charge in [0.05, 0.1) is 11.8 Å². The summed E-state index contributed by atoms with van der Waals surface area (Å²) in [5, 5.41) is 27.9. The number of allylic oxidation sites excluding steroid dienone is 2. The van der Waals surface area contributed by atoms with Crippen LogP contribution in [-0.2, 0) is 0 Å². The predicted octanol–water partition coefficient (Wildman–Crippen LogP) is 5.18. The Morgan fingerprint density at radius 1 is 1.14 bits per heavy atom. The topological polar surface area (TPSA) is 85.6 Å². The van der Waals surface area contributed by atoms with Crippen LogP contribution in [0.25, 0.3) is 22.0 Å². The molecule has 0 saturated carbocycles. The molecule has 3 aromatic rings. The number of aromatic amines is 1. The number of rotatable bonds is 2. The van der Waals surface area contributed by atoms with E-state index in [9.17, 15) is 5.26 Å². The van der Waals surface area contributed by atoms with Crippen molar-refractivity contribution in [2.75, 3.05) is 0 Å². The standard InChI is InChI=1S/C23H20N4O/c24-13-18-19(15-8-2-1-3-9-15)20-21(26-27-23(20)28-22(18)25)17-12-6-10-14-7-4-5-11-16(14)17/h1-2,4-7,10-12,15,18-19,25H,3,8-9H2,(H,26,27). The Morgan fingerprint density at radius 3 is 2.82 bits per heavy atom. The van der Waals surface area contributed by atoms with Crippen LogP contribution in [0.5, 0.6) is 5.88 Å². The number of fused-ring (bicyclic) bond motifs is 2. The molecular weight excluding hydrogens is 348 g/mol. The van der Waals surface area contributed by atoms with E-state index in [1.54, 1.807) is 0 Å². The van der Waals surface area contributed by atoms with Gasteiger partial charge in [0.25, 0.3) is 0 Å². The van der Waals surface area contributed by atoms with Gasteiger partial charge in [-0.15, -0.1) is 5.10 Å². The molecule has 0 amide bonds. The van der Waals surface area contributed by atoms with Gasteiger partial charge in [-0.2, -0.15) is 5.26 Å². The smallest absolute Gasteiger partial charge is 0.243 e. The summed E-state index contributed by atoms with van der Waals surface area (Å²) in [5.74, 6) is 0.0581. The van der Waals surface area contributed by atoms with Gasteiger partial charge in [0.1, 0.15) is 5.92 Å². The van der Waals surface area contributed by atoms with Crippen molar-refractivity contribution >= 4 is 16.7 Å². The number of nitrogens with one attached hydrogen (secondary N) is 2. The van der Waals surface area contributed by atoms with Gasteiger partial charge >= 0.3 is 0 Å². The molecule has 0 radical (unpaired) electrons. The minimum Gasteiger partial charge on any atom is -0.422 e. The predicted molar refractivity (Wildman–Crippen MR) is 108 cm³/mol. The summed E-state index contributed by atoms with van der Waals surface area (Å²) in [6.07, 6.45) is 7.32. The number of hydrogen-bond donors (Lipinski definition) is 2. The SMILES string of the molecule is N#CC1C(=N)Oc2n[nH]c(-c3cccc4ccccc34)c2C1C1CC=CCC1. The van der Waals surface area contributed by atoms with E-state index in [2.05, 4.69) is 52.7 Å². The van der Waals surface area contributed by atoms with Crippen molar-refractivity contribution in [3.05, 3.63) is 60.2 Å². The number of hydrogen-bond acceptors (Lipinski definition) is 4. The first-order chi connectivity index (χ1) is 13.8. The van der Waals surface area contributed by atoms with E-state index >= 15 is 0 Å². The quantitative estimate of drug-likeness (QED) is 0.611. The molecule has 2 aliphatic rings. The zero-order valence-corrected chi connectivity index (χ0v) is 15.4. The van der Waals surface area contributed by atoms with Gasteiger partial charge in [-0.3, -0.25) is 10.5 Å². The third kappa shape index (κ3) is 2.53. The van der Waals surface area contributed by atoms with Crippen molar-refractivity contribution in [2.45, 2.75) is 25.2 Å². The van der Waals surface area contributed by atoms with Gasteiger partial charge in [-0.1, -0.05) is 54.6 Å². The van der Waals surface area contributed by atoms with Crippen LogP contribution in [0.3, 0.4) is 0 Å². The van der Waals surface area contributed by atoms with E-state index in [1.165, 1.54) is 0 Å². The molecule has 1 aliphatic carbocycles. The molecule has 28 heavy (non-hydrogen) atoms. The van der Waals surface area contributed by atoms with Crippen LogP contribution in [0.15, 0.2) is 54.6 Å². The summed E-state index contributed by atoms with van der Waals surface area (Å²) >= 11 is 0. The molecule has 2 aromatic carbocycles. The number of nitriles is 1. The highest BCUT2D eigenvalue weighted by molar-refractivity contribution is 5.97. The van der Waals surface area contributed by atoms with Crippen molar-refractivity contribution in [1.29, 1.82) is 10.7 Å². The molecule has 0 saturated heterocycles. The highest BCUT2D eigenvalue weighted by Crippen LogP contribution is 2.49. The maximum atomic E-state index is 9.84. The van der Waals surface area contributed by atoms with Crippen LogP contribution in [-0.4, -0.2) is 16.1 Å². The fourth-order valence-electron chi connectivity index (χ4n) is 4.66. The molecular formula is C23H20N4O. The molecule has 138 valence electrons. The van der Waals surface area contributed by atoms with E-state index in [-0.39, 0.29) is 11.8 Å². The third-order valence-corrected chi connectivity index (χ3v) is 5.97. The molecule has 2 N–H and O–H groups in total. The Bertz CT molecular complexity index is 1130. The summed E-state index contributed by atoms with van der Waals surface area (Å²) in [7, 11) is 0. The first-order valence-corrected chi connectivity index (χ1v) is 9.65. The van der Waals surface area contributed by atoms with E-state index < -0.39 is 5.92 Å². The summed E-state index contributed by atoms with van der Waals surface area (Å²) < 4.78 is 5.67. The normalized spacial score (nSPS) is 23.8. The number of aromatic nitrogens is 2. The molecule has 5 rings (SSSR count). The van der Waals surface area contributed by atoms with Crippen molar-refractivity contribution < 1.29 is 4.74 Å². The lowest BCUT2D eigenvalue weighted by Gasteiger charge is -2.34. The Kier molecular flexibility index (Phi) is 3.98. The third-order valence-electron chi connectivity index (χ3n) is 5.97. The Morgan fingerprint density at radius 2 is 2.00 bits per heavy atom. The van der Waals surface area contributed by atoms with Gasteiger partial charge in [0.2, 0.25) is 11.8 Å². The van der Waals surface area contributed by atoms with Crippen LogP contribution < -0.4 is 4.74 Å². The lowest BCUT2D eigenvalue weighted by Crippen LogP contribution is -2.34. The molecule has 2 heterocycles. The number of nitrogens with zero attached hydrogens (tertiary/aromatic N) is 2. The van der Waals surface area contributed by atoms with Crippen molar-refractivity contribution in [3.63, 3.8) is 0 Å². The first-order valence-electron chi connectivity index (χ1n) is 9.65. The largest absolute Gasteiger partial charge is 0.422 e. The maximum absolute atomic E-state index is 9.84. The fraction of sp³-hybridized carbons (Fsp3) is 0.261. The molecule has 1 aromatic heterocycles. The van der Waals surface area contributed by atoms with Crippen molar-refractivity contribution in [2.24, 2.45) is 11.8 Å². The second-order valence-corrected chi connectivity index (χ2v) is 7.49. The second kappa shape index (κ2) is 6.65. The zero-order valence-electron chi connectivity index (χ0n) is 15.4. The minimum atomic E-state index is -0.588. The van der Waals surface area contributed by atoms with Gasteiger partial charge in [-0.25, -0.2) is 0 Å². The average molecular weight is 368 g/mol. The van der Waals surface area contributed by atoms with Crippen LogP contribution in [0.4, 0.5) is 0 Å². The Labute approximate surface area is 163 Å². The Hall–Kier alpha value is -3.39. The molecule has 0 spiro atoms. The van der Waals surface area contributed by atoms with Gasteiger partial charge < -0.3 is 4.74 Å². The fourth-order valence-corrected chi connectivity index (χ4v) is 4.66. The van der Waals surface area contributed by atoms with E-state index in [0.29, 0.717) is 11.8 Å².